The van der Waals surface area contributed by atoms with E-state index in [1.54, 1.807) is 0 Å². The number of benzene rings is 4. The average molecular weight is 629 g/mol. The molecule has 41 heavy (non-hydrogen) atoms. The Balaban J connectivity index is 0.000000453. The van der Waals surface area contributed by atoms with Gasteiger partial charge in [0.15, 0.2) is 0 Å². The third-order valence-electron chi connectivity index (χ3n) is 6.76. The predicted molar refractivity (Wildman–Crippen MR) is 171 cm³/mol. The maximum absolute atomic E-state index is 10.4. The first-order chi connectivity index (χ1) is 19.1. The Morgan fingerprint density at radius 3 is 1.17 bits per heavy atom. The zero-order chi connectivity index (χ0) is 29.5. The molecule has 4 aromatic carbocycles. The summed E-state index contributed by atoms with van der Waals surface area (Å²) in [6.07, 6.45) is 1.64. The van der Waals surface area contributed by atoms with Crippen LogP contribution in [0.4, 0.5) is 0 Å². The first-order valence-electron chi connectivity index (χ1n) is 14.1. The van der Waals surface area contributed by atoms with E-state index in [9.17, 15) is 10.2 Å². The number of phenols is 2. The van der Waals surface area contributed by atoms with E-state index in [0.29, 0.717) is 23.3 Å². The van der Waals surface area contributed by atoms with Crippen molar-refractivity contribution in [3.05, 3.63) is 144 Å². The summed E-state index contributed by atoms with van der Waals surface area (Å²) < 4.78 is 0. The van der Waals surface area contributed by atoms with Crippen molar-refractivity contribution < 1.29 is 36.4 Å². The van der Waals surface area contributed by atoms with Crippen molar-refractivity contribution in [1.82, 2.24) is 4.90 Å². The quantitative estimate of drug-likeness (QED) is 0.192. The number of aromatic hydroxyl groups is 2. The molecule has 0 aliphatic carbocycles. The molecule has 0 fully saturated rings. The molecule has 0 aliphatic heterocycles. The van der Waals surface area contributed by atoms with Gasteiger partial charge in [0.05, 0.1) is 0 Å². The predicted octanol–water partition coefficient (Wildman–Crippen LogP) is 8.80. The van der Waals surface area contributed by atoms with Crippen LogP contribution in [0.5, 0.6) is 11.5 Å². The molecule has 4 aromatic rings. The second-order valence-electron chi connectivity index (χ2n) is 10.8. The molecule has 2 N–H and O–H groups in total. The van der Waals surface area contributed by atoms with Gasteiger partial charge in [0.2, 0.25) is 0 Å². The van der Waals surface area contributed by atoms with E-state index < -0.39 is 0 Å². The minimum atomic E-state index is 0. The monoisotopic (exact) mass is 627 g/mol. The van der Waals surface area contributed by atoms with Crippen LogP contribution in [0.1, 0.15) is 72.9 Å². The van der Waals surface area contributed by atoms with Crippen molar-refractivity contribution in [3.63, 3.8) is 0 Å². The van der Waals surface area contributed by atoms with E-state index in [1.165, 1.54) is 0 Å². The topological polar surface area (TPSA) is 43.7 Å². The van der Waals surface area contributed by atoms with Crippen LogP contribution in [-0.4, -0.2) is 35.3 Å². The number of para-hydroxylation sites is 2. The van der Waals surface area contributed by atoms with Crippen molar-refractivity contribution in [1.29, 1.82) is 0 Å². The Kier molecular flexibility index (Phi) is 16.9. The Morgan fingerprint density at radius 2 is 0.902 bits per heavy atom. The van der Waals surface area contributed by atoms with Crippen LogP contribution in [0, 0.1) is 13.8 Å². The van der Waals surface area contributed by atoms with Gasteiger partial charge in [0.25, 0.3) is 0 Å². The van der Waals surface area contributed by atoms with Gasteiger partial charge in [-0.2, -0.15) is 49.2 Å². The van der Waals surface area contributed by atoms with E-state index in [1.807, 2.05) is 97.1 Å². The number of phenolic OH excluding ortho intramolecular Hbond substituents is 2. The van der Waals surface area contributed by atoms with Crippen LogP contribution in [0.2, 0.25) is 0 Å². The number of hydrogen-bond acceptors (Lipinski definition) is 3. The fourth-order valence-electron chi connectivity index (χ4n) is 4.25. The Hall–Kier alpha value is -2.94. The molecule has 3 nitrogen and oxygen atoms in total. The fraction of sp³-hybridized carbons (Fsp3) is 0.297. The molecule has 0 atom stereocenters. The van der Waals surface area contributed by atoms with Crippen LogP contribution in [0.3, 0.4) is 0 Å². The molecule has 0 amide bonds. The summed E-state index contributed by atoms with van der Waals surface area (Å²) in [5, 5.41) is 20.9. The van der Waals surface area contributed by atoms with Crippen molar-refractivity contribution in [2.75, 3.05) is 20.1 Å². The third kappa shape index (κ3) is 13.1. The van der Waals surface area contributed by atoms with E-state index in [2.05, 4.69) is 53.5 Å². The smallest absolute Gasteiger partial charge is 0.507 e. The molecule has 0 spiro atoms. The number of likely N-dealkylation sites (N-methyl/N-ethyl adjacent to an activating group) is 1. The van der Waals surface area contributed by atoms with E-state index in [4.69, 9.17) is 0 Å². The minimum Gasteiger partial charge on any atom is -0.507 e. The normalized spacial score (nSPS) is 10.3. The van der Waals surface area contributed by atoms with E-state index >= 15 is 0 Å². The van der Waals surface area contributed by atoms with E-state index in [-0.39, 0.29) is 26.2 Å². The molecule has 0 saturated carbocycles. The number of rotatable bonds is 8. The molecule has 215 valence electrons. The SMILES string of the molecule is CC(C)c1cccc(CCN(C)CCc2cccc(C(C)C)c2O)c1O.[CH2-]c1ccccc1.[CH2-]c1ccccc1.[Zr+3]. The van der Waals surface area contributed by atoms with Crippen LogP contribution < -0.4 is 0 Å². The zero-order valence-electron chi connectivity index (χ0n) is 25.5. The van der Waals surface area contributed by atoms with Gasteiger partial charge in [0, 0.05) is 13.1 Å². The summed E-state index contributed by atoms with van der Waals surface area (Å²) in [7, 11) is 2.09. The van der Waals surface area contributed by atoms with Gasteiger partial charge in [0.1, 0.15) is 11.5 Å². The maximum Gasteiger partial charge on any atom is 3.00 e. The first-order valence-corrected chi connectivity index (χ1v) is 14.1. The molecule has 0 aromatic heterocycles. The van der Waals surface area contributed by atoms with Gasteiger partial charge >= 0.3 is 26.2 Å². The number of nitrogens with zero attached hydrogens (tertiary/aromatic N) is 1. The standard InChI is InChI=1S/C23H33NO2.2C7H7.Zr/c1-16(2)20-10-6-8-18(22(20)25)12-14-24(5)15-13-19-9-7-11-21(17(3)4)23(19)26;2*1-7-5-3-2-4-6-7;/h6-11,16-17,25-26H,12-15H2,1-5H3;2*2-6H,1H2;/q;2*-1;+3. The van der Waals surface area contributed by atoms with Gasteiger partial charge in [-0.1, -0.05) is 76.2 Å². The van der Waals surface area contributed by atoms with Gasteiger partial charge in [-0.3, -0.25) is 0 Å². The third-order valence-corrected chi connectivity index (χ3v) is 6.76. The molecule has 1 radical (unpaired) electrons. The van der Waals surface area contributed by atoms with Gasteiger partial charge in [-0.15, -0.1) is 24.3 Å². The summed E-state index contributed by atoms with van der Waals surface area (Å²) in [5.74, 6) is 1.53. The Morgan fingerprint density at radius 1 is 0.561 bits per heavy atom. The average Bonchev–Trinajstić information content (AvgIpc) is 2.93. The van der Waals surface area contributed by atoms with Gasteiger partial charge in [-0.05, 0) is 54.0 Å². The molecular weight excluding hydrogens is 582 g/mol. The first kappa shape index (κ1) is 36.1. The van der Waals surface area contributed by atoms with Crippen molar-refractivity contribution >= 4 is 0 Å². The number of hydrogen-bond donors (Lipinski definition) is 2. The Bertz CT molecular complexity index is 1160. The zero-order valence-corrected chi connectivity index (χ0v) is 27.9. The molecule has 0 bridgehead atoms. The molecule has 0 unspecified atom stereocenters. The summed E-state index contributed by atoms with van der Waals surface area (Å²) in [6.45, 7) is 17.6. The molecule has 0 saturated heterocycles. The van der Waals surface area contributed by atoms with Gasteiger partial charge < -0.3 is 15.1 Å². The molecule has 0 aliphatic rings. The van der Waals surface area contributed by atoms with Crippen LogP contribution in [-0.2, 0) is 39.0 Å². The molecular formula is C37H47NO2Zr+. The van der Waals surface area contributed by atoms with Crippen LogP contribution in [0.15, 0.2) is 97.1 Å². The summed E-state index contributed by atoms with van der Waals surface area (Å²) in [5.41, 5.74) is 6.19. The summed E-state index contributed by atoms with van der Waals surface area (Å²) >= 11 is 0. The maximum atomic E-state index is 10.4. The van der Waals surface area contributed by atoms with Crippen molar-refractivity contribution in [3.8, 4) is 11.5 Å². The van der Waals surface area contributed by atoms with Crippen LogP contribution >= 0.6 is 0 Å². The van der Waals surface area contributed by atoms with Gasteiger partial charge in [-0.25, -0.2) is 0 Å². The largest absolute Gasteiger partial charge is 3.00 e. The summed E-state index contributed by atoms with van der Waals surface area (Å²) in [6, 6.07) is 31.8. The minimum absolute atomic E-state index is 0. The van der Waals surface area contributed by atoms with Crippen LogP contribution in [0.25, 0.3) is 0 Å². The molecule has 4 heteroatoms. The second-order valence-corrected chi connectivity index (χ2v) is 10.8. The van der Waals surface area contributed by atoms with Crippen molar-refractivity contribution in [2.24, 2.45) is 0 Å². The van der Waals surface area contributed by atoms with Crippen molar-refractivity contribution in [2.45, 2.75) is 52.4 Å². The fourth-order valence-corrected chi connectivity index (χ4v) is 4.25. The summed E-state index contributed by atoms with van der Waals surface area (Å²) in [4.78, 5) is 2.25. The second kappa shape index (κ2) is 19.2. The Labute approximate surface area is 268 Å². The molecule has 0 heterocycles. The molecule has 4 rings (SSSR count). The van der Waals surface area contributed by atoms with E-state index in [0.717, 1.165) is 59.3 Å².